The SMILES string of the molecule is Cc1cc(C)c(NC(=O)[C@@H]2CCCN(c3nc4cccnc4n(Cc4ccccc4)c3=O)C2)c(C)c1. The van der Waals surface area contributed by atoms with E-state index in [4.69, 9.17) is 4.98 Å². The van der Waals surface area contributed by atoms with E-state index in [0.29, 0.717) is 36.6 Å². The number of aryl methyl sites for hydroxylation is 3. The van der Waals surface area contributed by atoms with Gasteiger partial charge in [-0.1, -0.05) is 48.0 Å². The van der Waals surface area contributed by atoms with Crippen LogP contribution in [0.3, 0.4) is 0 Å². The van der Waals surface area contributed by atoms with Crippen molar-refractivity contribution in [3.05, 3.63) is 93.4 Å². The molecule has 0 saturated carbocycles. The van der Waals surface area contributed by atoms with Crippen LogP contribution < -0.4 is 15.8 Å². The quantitative estimate of drug-likeness (QED) is 0.450. The maximum atomic E-state index is 13.7. The number of nitrogens with zero attached hydrogens (tertiary/aromatic N) is 4. The second-order valence-corrected chi connectivity index (χ2v) is 9.71. The first-order chi connectivity index (χ1) is 17.4. The van der Waals surface area contributed by atoms with Gasteiger partial charge in [0.05, 0.1) is 12.5 Å². The van der Waals surface area contributed by atoms with Crippen molar-refractivity contribution in [3.63, 3.8) is 0 Å². The molecule has 0 aliphatic carbocycles. The number of piperidine rings is 1. The lowest BCUT2D eigenvalue weighted by molar-refractivity contribution is -0.120. The Bertz CT molecular complexity index is 1460. The fraction of sp³-hybridized carbons (Fsp3) is 0.310. The number of nitrogens with one attached hydrogen (secondary N) is 1. The van der Waals surface area contributed by atoms with Crippen molar-refractivity contribution >= 4 is 28.6 Å². The summed E-state index contributed by atoms with van der Waals surface area (Å²) in [6, 6.07) is 17.7. The summed E-state index contributed by atoms with van der Waals surface area (Å²) in [5, 5.41) is 3.16. The van der Waals surface area contributed by atoms with Gasteiger partial charge in [-0.25, -0.2) is 9.97 Å². The lowest BCUT2D eigenvalue weighted by Crippen LogP contribution is -2.44. The van der Waals surface area contributed by atoms with Crippen LogP contribution >= 0.6 is 0 Å². The highest BCUT2D eigenvalue weighted by Crippen LogP contribution is 2.26. The zero-order valence-electron chi connectivity index (χ0n) is 21.0. The molecule has 7 heteroatoms. The normalized spacial score (nSPS) is 15.8. The van der Waals surface area contributed by atoms with Crippen molar-refractivity contribution in [1.82, 2.24) is 14.5 Å². The number of anilines is 2. The van der Waals surface area contributed by atoms with Gasteiger partial charge in [0.15, 0.2) is 11.5 Å². The van der Waals surface area contributed by atoms with Crippen molar-refractivity contribution in [2.24, 2.45) is 5.92 Å². The molecule has 0 bridgehead atoms. The summed E-state index contributed by atoms with van der Waals surface area (Å²) in [4.78, 5) is 38.1. The molecule has 7 nitrogen and oxygen atoms in total. The number of hydrogen-bond donors (Lipinski definition) is 1. The zero-order valence-corrected chi connectivity index (χ0v) is 21.0. The van der Waals surface area contributed by atoms with E-state index in [1.54, 1.807) is 10.8 Å². The first-order valence-electron chi connectivity index (χ1n) is 12.4. The van der Waals surface area contributed by atoms with Gasteiger partial charge in [-0.2, -0.15) is 0 Å². The lowest BCUT2D eigenvalue weighted by atomic mass is 9.96. The van der Waals surface area contributed by atoms with E-state index in [1.807, 2.05) is 61.2 Å². The zero-order chi connectivity index (χ0) is 25.2. The molecule has 2 aromatic carbocycles. The Kier molecular flexibility index (Phi) is 6.55. The van der Waals surface area contributed by atoms with E-state index >= 15 is 0 Å². The molecule has 1 fully saturated rings. The van der Waals surface area contributed by atoms with E-state index in [1.165, 1.54) is 5.56 Å². The largest absolute Gasteiger partial charge is 0.351 e. The molecule has 0 unspecified atom stereocenters. The molecule has 1 saturated heterocycles. The molecule has 1 aliphatic heterocycles. The van der Waals surface area contributed by atoms with Crippen LogP contribution in [0.1, 0.15) is 35.1 Å². The predicted molar refractivity (Wildman–Crippen MR) is 144 cm³/mol. The lowest BCUT2D eigenvalue weighted by Gasteiger charge is -2.33. The number of hydrogen-bond acceptors (Lipinski definition) is 5. The minimum atomic E-state index is -0.229. The molecular weight excluding hydrogens is 450 g/mol. The number of rotatable bonds is 5. The van der Waals surface area contributed by atoms with Crippen molar-refractivity contribution < 1.29 is 4.79 Å². The summed E-state index contributed by atoms with van der Waals surface area (Å²) >= 11 is 0. The molecule has 5 rings (SSSR count). The smallest absolute Gasteiger partial charge is 0.295 e. The summed E-state index contributed by atoms with van der Waals surface area (Å²) < 4.78 is 1.69. The summed E-state index contributed by atoms with van der Waals surface area (Å²) in [5.41, 5.74) is 6.23. The molecule has 0 spiro atoms. The molecule has 36 heavy (non-hydrogen) atoms. The van der Waals surface area contributed by atoms with Crippen LogP contribution in [0.2, 0.25) is 0 Å². The van der Waals surface area contributed by atoms with Crippen LogP contribution in [-0.4, -0.2) is 33.5 Å². The highest BCUT2D eigenvalue weighted by Gasteiger charge is 2.29. The van der Waals surface area contributed by atoms with Gasteiger partial charge in [0.25, 0.3) is 5.56 Å². The number of carbonyl (C=O) groups excluding carboxylic acids is 1. The van der Waals surface area contributed by atoms with Gasteiger partial charge in [-0.3, -0.25) is 14.2 Å². The maximum absolute atomic E-state index is 13.7. The monoisotopic (exact) mass is 481 g/mol. The van der Waals surface area contributed by atoms with Gasteiger partial charge < -0.3 is 10.2 Å². The fourth-order valence-corrected chi connectivity index (χ4v) is 5.17. The number of amides is 1. The average molecular weight is 482 g/mol. The predicted octanol–water partition coefficient (Wildman–Crippen LogP) is 4.62. The molecule has 1 amide bonds. The summed E-state index contributed by atoms with van der Waals surface area (Å²) in [6.07, 6.45) is 3.27. The molecule has 1 N–H and O–H groups in total. The topological polar surface area (TPSA) is 80.1 Å². The third-order valence-electron chi connectivity index (χ3n) is 6.88. The van der Waals surface area contributed by atoms with Gasteiger partial charge in [0, 0.05) is 25.0 Å². The van der Waals surface area contributed by atoms with Gasteiger partial charge >= 0.3 is 0 Å². The second kappa shape index (κ2) is 9.93. The summed E-state index contributed by atoms with van der Waals surface area (Å²) in [6.45, 7) is 7.64. The number of carbonyl (C=O) groups is 1. The average Bonchev–Trinajstić information content (AvgIpc) is 2.88. The Morgan fingerprint density at radius 3 is 2.56 bits per heavy atom. The van der Waals surface area contributed by atoms with E-state index < -0.39 is 0 Å². The third kappa shape index (κ3) is 4.73. The minimum Gasteiger partial charge on any atom is -0.351 e. The highest BCUT2D eigenvalue weighted by atomic mass is 16.2. The summed E-state index contributed by atoms with van der Waals surface area (Å²) in [5.74, 6) is 0.140. The molecular formula is C29H31N5O2. The number of benzene rings is 2. The van der Waals surface area contributed by atoms with E-state index in [2.05, 4.69) is 29.4 Å². The second-order valence-electron chi connectivity index (χ2n) is 9.71. The molecule has 4 aromatic rings. The number of aromatic nitrogens is 3. The van der Waals surface area contributed by atoms with Crippen LogP contribution in [0.5, 0.6) is 0 Å². The Morgan fingerprint density at radius 2 is 1.81 bits per heavy atom. The number of pyridine rings is 1. The van der Waals surface area contributed by atoms with Gasteiger partial charge in [0.2, 0.25) is 5.91 Å². The Labute approximate surface area is 210 Å². The van der Waals surface area contributed by atoms with Crippen LogP contribution in [0.4, 0.5) is 11.5 Å². The maximum Gasteiger partial charge on any atom is 0.295 e. The van der Waals surface area contributed by atoms with Crippen LogP contribution in [0, 0.1) is 26.7 Å². The molecule has 3 heterocycles. The Hall–Kier alpha value is -4.00. The standard InChI is InChI=1S/C29H31N5O2/c1-19-15-20(2)25(21(3)16-19)32-28(35)23-11-8-14-33(18-23)27-29(36)34(17-22-9-5-4-6-10-22)26-24(31-27)12-7-13-30-26/h4-7,9-10,12-13,15-16,23H,8,11,14,17-18H2,1-3H3,(H,32,35)/t23-/m1/s1. The molecule has 1 atom stereocenters. The highest BCUT2D eigenvalue weighted by molar-refractivity contribution is 5.94. The Balaban J connectivity index is 1.44. The fourth-order valence-electron chi connectivity index (χ4n) is 5.17. The van der Waals surface area contributed by atoms with Crippen LogP contribution in [0.15, 0.2) is 65.6 Å². The van der Waals surface area contributed by atoms with Gasteiger partial charge in [-0.15, -0.1) is 0 Å². The van der Waals surface area contributed by atoms with Gasteiger partial charge in [-0.05, 0) is 62.4 Å². The van der Waals surface area contributed by atoms with Crippen molar-refractivity contribution in [3.8, 4) is 0 Å². The first kappa shape index (κ1) is 23.7. The third-order valence-corrected chi connectivity index (χ3v) is 6.88. The molecule has 2 aromatic heterocycles. The molecule has 0 radical (unpaired) electrons. The summed E-state index contributed by atoms with van der Waals surface area (Å²) in [7, 11) is 0. The van der Waals surface area contributed by atoms with E-state index in [-0.39, 0.29) is 17.4 Å². The number of fused-ring (bicyclic) bond motifs is 1. The minimum absolute atomic E-state index is 0.0122. The van der Waals surface area contributed by atoms with Crippen molar-refractivity contribution in [1.29, 1.82) is 0 Å². The van der Waals surface area contributed by atoms with Crippen molar-refractivity contribution in [2.75, 3.05) is 23.3 Å². The molecule has 1 aliphatic rings. The van der Waals surface area contributed by atoms with Gasteiger partial charge in [0.1, 0.15) is 5.52 Å². The Morgan fingerprint density at radius 1 is 1.06 bits per heavy atom. The van der Waals surface area contributed by atoms with Crippen LogP contribution in [0.25, 0.3) is 11.2 Å². The van der Waals surface area contributed by atoms with Crippen molar-refractivity contribution in [2.45, 2.75) is 40.2 Å². The van der Waals surface area contributed by atoms with E-state index in [0.717, 1.165) is 35.2 Å². The first-order valence-corrected chi connectivity index (χ1v) is 12.4. The van der Waals surface area contributed by atoms with Crippen LogP contribution in [-0.2, 0) is 11.3 Å². The van der Waals surface area contributed by atoms with E-state index in [9.17, 15) is 9.59 Å². The molecule has 184 valence electrons.